The second-order valence-electron chi connectivity index (χ2n) is 4.00. The molecule has 0 saturated heterocycles. The summed E-state index contributed by atoms with van der Waals surface area (Å²) in [6.45, 7) is 0.289. The quantitative estimate of drug-likeness (QED) is 0.944. The molecule has 0 atom stereocenters. The topological polar surface area (TPSA) is 65.1 Å². The van der Waals surface area contributed by atoms with E-state index in [4.69, 9.17) is 28.9 Å². The number of aromatic nitrogens is 1. The van der Waals surface area contributed by atoms with E-state index in [1.807, 2.05) is 0 Å². The zero-order chi connectivity index (χ0) is 14.0. The van der Waals surface area contributed by atoms with Crippen molar-refractivity contribution in [3.8, 4) is 0 Å². The summed E-state index contributed by atoms with van der Waals surface area (Å²) in [6.07, 6.45) is 1.46. The molecule has 1 aromatic heterocycles. The molecule has 2 rings (SSSR count). The first kappa shape index (κ1) is 13.6. The number of hydrogen-bond donors (Lipinski definition) is 1. The molecule has 2 N–H and O–H groups in total. The number of carbonyl (C=O) groups is 1. The fraction of sp³-hybridized carbons (Fsp3) is 0.0769. The molecule has 6 heteroatoms. The number of rotatable bonds is 3. The Hall–Kier alpha value is -1.78. The second-order valence-corrected chi connectivity index (χ2v) is 4.87. The lowest BCUT2D eigenvalue weighted by molar-refractivity contribution is 0.0998. The first-order valence-corrected chi connectivity index (χ1v) is 6.17. The number of pyridine rings is 1. The van der Waals surface area contributed by atoms with E-state index in [-0.39, 0.29) is 17.1 Å². The molecule has 1 heterocycles. The molecular weight excluding hydrogens is 287 g/mol. The SMILES string of the molecule is NC(=O)c1cc(Cl)cn(Cc2ccc(Cl)cc2)c1=O. The maximum Gasteiger partial charge on any atom is 0.263 e. The Morgan fingerprint density at radius 3 is 2.37 bits per heavy atom. The first-order chi connectivity index (χ1) is 8.97. The Morgan fingerprint density at radius 2 is 1.79 bits per heavy atom. The second kappa shape index (κ2) is 5.47. The summed E-state index contributed by atoms with van der Waals surface area (Å²) in [4.78, 5) is 23.2. The summed E-state index contributed by atoms with van der Waals surface area (Å²) in [7, 11) is 0. The monoisotopic (exact) mass is 296 g/mol. The van der Waals surface area contributed by atoms with Crippen LogP contribution in [-0.2, 0) is 6.54 Å². The van der Waals surface area contributed by atoms with E-state index in [2.05, 4.69) is 0 Å². The van der Waals surface area contributed by atoms with Gasteiger partial charge >= 0.3 is 0 Å². The molecule has 0 radical (unpaired) electrons. The van der Waals surface area contributed by atoms with Crippen LogP contribution in [-0.4, -0.2) is 10.5 Å². The van der Waals surface area contributed by atoms with Crippen molar-refractivity contribution in [3.05, 3.63) is 68.1 Å². The van der Waals surface area contributed by atoms with Crippen LogP contribution in [0.15, 0.2) is 41.3 Å². The fourth-order valence-electron chi connectivity index (χ4n) is 1.68. The fourth-order valence-corrected chi connectivity index (χ4v) is 2.03. The van der Waals surface area contributed by atoms with Crippen molar-refractivity contribution in [2.75, 3.05) is 0 Å². The molecule has 1 amide bonds. The van der Waals surface area contributed by atoms with Gasteiger partial charge in [0.15, 0.2) is 0 Å². The molecule has 19 heavy (non-hydrogen) atoms. The summed E-state index contributed by atoms with van der Waals surface area (Å²) in [6, 6.07) is 8.30. The van der Waals surface area contributed by atoms with Crippen molar-refractivity contribution in [2.24, 2.45) is 5.73 Å². The highest BCUT2D eigenvalue weighted by Gasteiger charge is 2.11. The van der Waals surface area contributed by atoms with Gasteiger partial charge in [0, 0.05) is 11.2 Å². The minimum absolute atomic E-state index is 0.124. The van der Waals surface area contributed by atoms with Gasteiger partial charge in [-0.2, -0.15) is 0 Å². The Bertz CT molecular complexity index is 678. The third-order valence-electron chi connectivity index (χ3n) is 2.58. The lowest BCUT2D eigenvalue weighted by atomic mass is 10.2. The number of carbonyl (C=O) groups excluding carboxylic acids is 1. The molecule has 1 aromatic carbocycles. The molecule has 4 nitrogen and oxygen atoms in total. The van der Waals surface area contributed by atoms with Crippen molar-refractivity contribution in [3.63, 3.8) is 0 Å². The van der Waals surface area contributed by atoms with E-state index in [1.54, 1.807) is 24.3 Å². The number of nitrogens with zero attached hydrogens (tertiary/aromatic N) is 1. The predicted octanol–water partition coefficient (Wildman–Crippen LogP) is 2.30. The summed E-state index contributed by atoms with van der Waals surface area (Å²) >= 11 is 11.7. The summed E-state index contributed by atoms with van der Waals surface area (Å²) in [5.74, 6) is -0.794. The van der Waals surface area contributed by atoms with Gasteiger partial charge in [0.1, 0.15) is 5.56 Å². The molecule has 0 bridgehead atoms. The summed E-state index contributed by atoms with van der Waals surface area (Å²) in [5, 5.41) is 0.891. The van der Waals surface area contributed by atoms with Crippen molar-refractivity contribution in [1.82, 2.24) is 4.57 Å². The average molecular weight is 297 g/mol. The minimum Gasteiger partial charge on any atom is -0.365 e. The highest BCUT2D eigenvalue weighted by Crippen LogP contribution is 2.12. The van der Waals surface area contributed by atoms with Gasteiger partial charge in [0.25, 0.3) is 11.5 Å². The molecule has 0 aliphatic carbocycles. The van der Waals surface area contributed by atoms with Gasteiger partial charge in [-0.1, -0.05) is 35.3 Å². The summed E-state index contributed by atoms with van der Waals surface area (Å²) in [5.41, 5.74) is 5.41. The molecule has 98 valence electrons. The van der Waals surface area contributed by atoms with Crippen molar-refractivity contribution in [1.29, 1.82) is 0 Å². The van der Waals surface area contributed by atoms with Crippen molar-refractivity contribution < 1.29 is 4.79 Å². The van der Waals surface area contributed by atoms with E-state index < -0.39 is 11.5 Å². The Balaban J connectivity index is 2.43. The van der Waals surface area contributed by atoms with Gasteiger partial charge in [0.2, 0.25) is 0 Å². The molecule has 0 saturated carbocycles. The molecule has 0 unspecified atom stereocenters. The number of halogens is 2. The number of primary amides is 1. The third-order valence-corrected chi connectivity index (χ3v) is 3.04. The molecule has 2 aromatic rings. The largest absolute Gasteiger partial charge is 0.365 e. The first-order valence-electron chi connectivity index (χ1n) is 5.41. The van der Waals surface area contributed by atoms with E-state index in [9.17, 15) is 9.59 Å². The maximum absolute atomic E-state index is 12.0. The van der Waals surface area contributed by atoms with Crippen LogP contribution >= 0.6 is 23.2 Å². The Kier molecular flexibility index (Phi) is 3.93. The van der Waals surface area contributed by atoms with E-state index >= 15 is 0 Å². The predicted molar refractivity (Wildman–Crippen MR) is 74.8 cm³/mol. The van der Waals surface area contributed by atoms with Crippen LogP contribution in [0.1, 0.15) is 15.9 Å². The zero-order valence-corrected chi connectivity index (χ0v) is 11.3. The number of benzene rings is 1. The van der Waals surface area contributed by atoms with E-state index in [0.29, 0.717) is 5.02 Å². The maximum atomic E-state index is 12.0. The van der Waals surface area contributed by atoms with Gasteiger partial charge in [-0.3, -0.25) is 9.59 Å². The van der Waals surface area contributed by atoms with Gasteiger partial charge in [0.05, 0.1) is 11.6 Å². The zero-order valence-electron chi connectivity index (χ0n) is 9.77. The minimum atomic E-state index is -0.794. The van der Waals surface area contributed by atoms with Crippen LogP contribution in [0.5, 0.6) is 0 Å². The van der Waals surface area contributed by atoms with Crippen LogP contribution in [0.4, 0.5) is 0 Å². The number of amides is 1. The molecule has 0 spiro atoms. The molecule has 0 aliphatic heterocycles. The highest BCUT2D eigenvalue weighted by atomic mass is 35.5. The van der Waals surface area contributed by atoms with Crippen molar-refractivity contribution >= 4 is 29.1 Å². The van der Waals surface area contributed by atoms with E-state index in [0.717, 1.165) is 5.56 Å². The summed E-state index contributed by atoms with van der Waals surface area (Å²) < 4.78 is 1.34. The number of nitrogens with two attached hydrogens (primary N) is 1. The van der Waals surface area contributed by atoms with Crippen LogP contribution in [0.25, 0.3) is 0 Å². The van der Waals surface area contributed by atoms with Gasteiger partial charge in [-0.05, 0) is 23.8 Å². The Labute approximate surface area is 119 Å². The van der Waals surface area contributed by atoms with E-state index in [1.165, 1.54) is 16.8 Å². The van der Waals surface area contributed by atoms with Gasteiger partial charge in [-0.15, -0.1) is 0 Å². The normalized spacial score (nSPS) is 10.4. The molecule has 0 aliphatic rings. The smallest absolute Gasteiger partial charge is 0.263 e. The number of hydrogen-bond acceptors (Lipinski definition) is 2. The highest BCUT2D eigenvalue weighted by molar-refractivity contribution is 6.31. The standard InChI is InChI=1S/C13H10Cl2N2O2/c14-9-3-1-8(2-4-9)6-17-7-10(15)5-11(12(16)18)13(17)19/h1-5,7H,6H2,(H2,16,18). The average Bonchev–Trinajstić information content (AvgIpc) is 2.35. The van der Waals surface area contributed by atoms with Gasteiger partial charge in [-0.25, -0.2) is 0 Å². The molecule has 0 fully saturated rings. The van der Waals surface area contributed by atoms with Crippen LogP contribution in [0.3, 0.4) is 0 Å². The lowest BCUT2D eigenvalue weighted by Gasteiger charge is -2.08. The lowest BCUT2D eigenvalue weighted by Crippen LogP contribution is -2.29. The third kappa shape index (κ3) is 3.16. The van der Waals surface area contributed by atoms with Crippen molar-refractivity contribution in [2.45, 2.75) is 6.54 Å². The van der Waals surface area contributed by atoms with Crippen LogP contribution in [0.2, 0.25) is 10.0 Å². The Morgan fingerprint density at radius 1 is 1.16 bits per heavy atom. The van der Waals surface area contributed by atoms with Crippen LogP contribution < -0.4 is 11.3 Å². The molecular formula is C13H10Cl2N2O2. The van der Waals surface area contributed by atoms with Crippen LogP contribution in [0, 0.1) is 0 Å². The van der Waals surface area contributed by atoms with Gasteiger partial charge < -0.3 is 10.3 Å².